The number of benzene rings is 1. The molecule has 0 radical (unpaired) electrons. The maximum absolute atomic E-state index is 12.5. The summed E-state index contributed by atoms with van der Waals surface area (Å²) in [5, 5.41) is 0. The highest BCUT2D eigenvalue weighted by atomic mass is 35.6. The Balaban J connectivity index is 3.25. The molecule has 0 fully saturated rings. The van der Waals surface area contributed by atoms with Gasteiger partial charge >= 0.3 is 0 Å². The standard InChI is InChI=1S/C7H4Cl3FO2S/c8-7(9,10)14(12,13)6-3-1-5(11)2-4-6/h1-4H. The number of alkyl halides is 3. The lowest BCUT2D eigenvalue weighted by Gasteiger charge is -2.11. The first-order valence-corrected chi connectivity index (χ1v) is 5.94. The van der Waals surface area contributed by atoms with Gasteiger partial charge in [-0.3, -0.25) is 0 Å². The van der Waals surface area contributed by atoms with Crippen LogP contribution in [0.25, 0.3) is 0 Å². The highest BCUT2D eigenvalue weighted by molar-refractivity contribution is 7.97. The van der Waals surface area contributed by atoms with Crippen LogP contribution >= 0.6 is 34.8 Å². The van der Waals surface area contributed by atoms with Gasteiger partial charge in [0.15, 0.2) is 0 Å². The van der Waals surface area contributed by atoms with Crippen molar-refractivity contribution in [1.29, 1.82) is 0 Å². The second kappa shape index (κ2) is 3.85. The molecule has 0 aliphatic rings. The van der Waals surface area contributed by atoms with Crippen LogP contribution in [-0.4, -0.2) is 11.5 Å². The average Bonchev–Trinajstić information content (AvgIpc) is 2.03. The summed E-state index contributed by atoms with van der Waals surface area (Å²) >= 11 is 15.7. The van der Waals surface area contributed by atoms with E-state index in [2.05, 4.69) is 0 Å². The zero-order chi connectivity index (χ0) is 11.0. The lowest BCUT2D eigenvalue weighted by Crippen LogP contribution is -2.19. The Bertz CT molecular complexity index is 421. The highest BCUT2D eigenvalue weighted by Crippen LogP contribution is 2.37. The van der Waals surface area contributed by atoms with Gasteiger partial charge in [-0.1, -0.05) is 34.8 Å². The number of halogens is 4. The van der Waals surface area contributed by atoms with Crippen molar-refractivity contribution in [2.24, 2.45) is 0 Å². The van der Waals surface area contributed by atoms with Crippen LogP contribution in [0.4, 0.5) is 4.39 Å². The van der Waals surface area contributed by atoms with E-state index < -0.39 is 18.8 Å². The lowest BCUT2D eigenvalue weighted by atomic mass is 10.4. The molecule has 78 valence electrons. The fourth-order valence-corrected chi connectivity index (χ4v) is 2.31. The van der Waals surface area contributed by atoms with Gasteiger partial charge in [0, 0.05) is 0 Å². The molecule has 0 aromatic heterocycles. The fraction of sp³-hybridized carbons (Fsp3) is 0.143. The highest BCUT2D eigenvalue weighted by Gasteiger charge is 2.39. The maximum Gasteiger partial charge on any atom is 0.296 e. The van der Waals surface area contributed by atoms with Crippen LogP contribution in [0, 0.1) is 5.82 Å². The van der Waals surface area contributed by atoms with Crippen LogP contribution in [0.1, 0.15) is 0 Å². The molecule has 1 rings (SSSR count). The van der Waals surface area contributed by atoms with Gasteiger partial charge < -0.3 is 0 Å². The van der Waals surface area contributed by atoms with E-state index in [1.807, 2.05) is 0 Å². The minimum atomic E-state index is -4.06. The second-order valence-electron chi connectivity index (χ2n) is 2.40. The smallest absolute Gasteiger partial charge is 0.219 e. The molecule has 7 heteroatoms. The van der Waals surface area contributed by atoms with Gasteiger partial charge in [0.25, 0.3) is 3.12 Å². The monoisotopic (exact) mass is 276 g/mol. The molecule has 14 heavy (non-hydrogen) atoms. The second-order valence-corrected chi connectivity index (χ2v) is 7.45. The first-order chi connectivity index (χ1) is 6.25. The van der Waals surface area contributed by atoms with E-state index in [4.69, 9.17) is 34.8 Å². The molecule has 0 aliphatic carbocycles. The van der Waals surface area contributed by atoms with Gasteiger partial charge in [0.1, 0.15) is 5.82 Å². The summed E-state index contributed by atoms with van der Waals surface area (Å²) in [5.41, 5.74) is 0. The molecule has 0 spiro atoms. The van der Waals surface area contributed by atoms with Crippen LogP contribution in [0.5, 0.6) is 0 Å². The summed E-state index contributed by atoms with van der Waals surface area (Å²) in [6, 6.07) is 4.02. The quantitative estimate of drug-likeness (QED) is 0.584. The summed E-state index contributed by atoms with van der Waals surface area (Å²) in [7, 11) is -4.06. The third-order valence-electron chi connectivity index (χ3n) is 1.43. The molecule has 0 aliphatic heterocycles. The van der Waals surface area contributed by atoms with Crippen molar-refractivity contribution in [1.82, 2.24) is 0 Å². The SMILES string of the molecule is O=S(=O)(c1ccc(F)cc1)C(Cl)(Cl)Cl. The summed E-state index contributed by atoms with van der Waals surface area (Å²) in [6.45, 7) is 0. The van der Waals surface area contributed by atoms with E-state index in [9.17, 15) is 12.8 Å². The third-order valence-corrected chi connectivity index (χ3v) is 4.76. The Morgan fingerprint density at radius 2 is 1.50 bits per heavy atom. The van der Waals surface area contributed by atoms with E-state index in [1.54, 1.807) is 0 Å². The summed E-state index contributed by atoms with van der Waals surface area (Å²) in [5.74, 6) is -0.562. The molecule has 0 saturated carbocycles. The van der Waals surface area contributed by atoms with Gasteiger partial charge in [0.2, 0.25) is 9.84 Å². The lowest BCUT2D eigenvalue weighted by molar-refractivity contribution is 0.595. The van der Waals surface area contributed by atoms with E-state index >= 15 is 0 Å². The van der Waals surface area contributed by atoms with Gasteiger partial charge in [0.05, 0.1) is 4.90 Å². The maximum atomic E-state index is 12.5. The van der Waals surface area contributed by atoms with Crippen LogP contribution in [-0.2, 0) is 9.84 Å². The molecule has 1 aromatic carbocycles. The van der Waals surface area contributed by atoms with Crippen molar-refractivity contribution in [2.45, 2.75) is 8.02 Å². The average molecular weight is 278 g/mol. The third kappa shape index (κ3) is 2.31. The van der Waals surface area contributed by atoms with E-state index in [0.29, 0.717) is 0 Å². The van der Waals surface area contributed by atoms with Gasteiger partial charge in [-0.2, -0.15) is 0 Å². The fourth-order valence-electron chi connectivity index (χ4n) is 0.747. The number of sulfone groups is 1. The van der Waals surface area contributed by atoms with E-state index in [0.717, 1.165) is 24.3 Å². The summed E-state index contributed by atoms with van der Waals surface area (Å²) in [6.07, 6.45) is 0. The first-order valence-electron chi connectivity index (χ1n) is 3.32. The zero-order valence-corrected chi connectivity index (χ0v) is 9.63. The van der Waals surface area contributed by atoms with Gasteiger partial charge in [-0.15, -0.1) is 0 Å². The Kier molecular flexibility index (Phi) is 3.31. The molecular weight excluding hydrogens is 273 g/mol. The van der Waals surface area contributed by atoms with Crippen molar-refractivity contribution < 1.29 is 12.8 Å². The number of hydrogen-bond donors (Lipinski definition) is 0. The van der Waals surface area contributed by atoms with Crippen molar-refractivity contribution in [2.75, 3.05) is 0 Å². The van der Waals surface area contributed by atoms with Gasteiger partial charge in [-0.05, 0) is 24.3 Å². The summed E-state index contributed by atoms with van der Waals surface area (Å²) in [4.78, 5) is -0.237. The minimum Gasteiger partial charge on any atom is -0.219 e. The van der Waals surface area contributed by atoms with Crippen LogP contribution in [0.2, 0.25) is 0 Å². The molecule has 0 saturated heterocycles. The number of rotatable bonds is 1. The van der Waals surface area contributed by atoms with Crippen molar-refractivity contribution in [3.63, 3.8) is 0 Å². The predicted octanol–water partition coefficient (Wildman–Crippen LogP) is 2.93. The Hall–Kier alpha value is -0.0300. The van der Waals surface area contributed by atoms with Crippen molar-refractivity contribution in [3.05, 3.63) is 30.1 Å². The van der Waals surface area contributed by atoms with Gasteiger partial charge in [-0.25, -0.2) is 12.8 Å². The molecule has 0 bridgehead atoms. The normalized spacial score (nSPS) is 12.9. The Morgan fingerprint density at radius 1 is 1.07 bits per heavy atom. The molecule has 0 unspecified atom stereocenters. The number of hydrogen-bond acceptors (Lipinski definition) is 2. The predicted molar refractivity (Wildman–Crippen MR) is 53.9 cm³/mol. The molecule has 0 heterocycles. The Labute approximate surface area is 95.5 Å². The first kappa shape index (κ1) is 12.0. The molecule has 2 nitrogen and oxygen atoms in total. The van der Waals surface area contributed by atoms with Crippen LogP contribution in [0.15, 0.2) is 29.2 Å². The van der Waals surface area contributed by atoms with Crippen molar-refractivity contribution in [3.8, 4) is 0 Å². The molecule has 1 aromatic rings. The zero-order valence-electron chi connectivity index (χ0n) is 6.55. The topological polar surface area (TPSA) is 34.1 Å². The molecule has 0 amide bonds. The summed E-state index contributed by atoms with van der Waals surface area (Å²) < 4.78 is 32.9. The van der Waals surface area contributed by atoms with Crippen LogP contribution in [0.3, 0.4) is 0 Å². The van der Waals surface area contributed by atoms with Crippen molar-refractivity contribution >= 4 is 44.6 Å². The molecule has 0 atom stereocenters. The Morgan fingerprint density at radius 3 is 1.86 bits per heavy atom. The largest absolute Gasteiger partial charge is 0.296 e. The van der Waals surface area contributed by atoms with E-state index in [-0.39, 0.29) is 4.90 Å². The molecular formula is C7H4Cl3FO2S. The van der Waals surface area contributed by atoms with E-state index in [1.165, 1.54) is 0 Å². The molecule has 0 N–H and O–H groups in total. The minimum absolute atomic E-state index is 0.237. The van der Waals surface area contributed by atoms with Crippen LogP contribution < -0.4 is 0 Å².